The maximum atomic E-state index is 12.4. The first-order valence-corrected chi connectivity index (χ1v) is 10.2. The van der Waals surface area contributed by atoms with E-state index in [9.17, 15) is 13.2 Å². The van der Waals surface area contributed by atoms with Crippen LogP contribution >= 0.6 is 0 Å². The van der Waals surface area contributed by atoms with Crippen LogP contribution < -0.4 is 10.9 Å². The van der Waals surface area contributed by atoms with Crippen LogP contribution in [0, 0.1) is 11.3 Å². The number of nitrogens with one attached hydrogen (secondary N) is 2. The molecule has 3 aromatic rings. The number of nitriles is 1. The Morgan fingerprint density at radius 3 is 3.00 bits per heavy atom. The number of sulfone groups is 1. The van der Waals surface area contributed by atoms with Crippen LogP contribution in [0.1, 0.15) is 24.9 Å². The zero-order valence-electron chi connectivity index (χ0n) is 14.6. The van der Waals surface area contributed by atoms with Crippen molar-refractivity contribution in [3.05, 3.63) is 46.4 Å². The number of H-pyrrole nitrogens is 1. The summed E-state index contributed by atoms with van der Waals surface area (Å²) in [7, 11) is -3.18. The number of benzene rings is 1. The highest BCUT2D eigenvalue weighted by molar-refractivity contribution is 7.91. The Labute approximate surface area is 155 Å². The summed E-state index contributed by atoms with van der Waals surface area (Å²) in [4.78, 5) is 15.4. The van der Waals surface area contributed by atoms with E-state index in [1.807, 2.05) is 6.92 Å². The monoisotopic (exact) mass is 383 g/mol. The van der Waals surface area contributed by atoms with Gasteiger partial charge in [0.05, 0.1) is 34.7 Å². The molecular formula is C18H17N5O3S. The molecule has 0 saturated carbocycles. The van der Waals surface area contributed by atoms with E-state index in [1.54, 1.807) is 35.1 Å². The van der Waals surface area contributed by atoms with Crippen molar-refractivity contribution >= 4 is 32.2 Å². The average molecular weight is 383 g/mol. The van der Waals surface area contributed by atoms with Crippen molar-refractivity contribution in [3.8, 4) is 6.07 Å². The first kappa shape index (κ1) is 17.3. The van der Waals surface area contributed by atoms with E-state index in [0.717, 1.165) is 5.56 Å². The lowest BCUT2D eigenvalue weighted by Gasteiger charge is -2.09. The van der Waals surface area contributed by atoms with Crippen molar-refractivity contribution in [3.63, 3.8) is 0 Å². The first-order valence-electron chi connectivity index (χ1n) is 8.50. The van der Waals surface area contributed by atoms with Crippen LogP contribution in [0.15, 0.2) is 40.2 Å². The van der Waals surface area contributed by atoms with Gasteiger partial charge in [0.25, 0.3) is 5.56 Å². The first-order chi connectivity index (χ1) is 12.9. The fourth-order valence-corrected chi connectivity index (χ4v) is 4.93. The Kier molecular flexibility index (Phi) is 4.00. The Morgan fingerprint density at radius 1 is 1.41 bits per heavy atom. The standard InChI is InChI=1S/C18H17N5O3S/c1-11(4-7-19)23-14-5-8-20-18(24)16(14)17(22-23)21-13-2-3-15-12(10-13)6-9-27(15,25)26/h2-3,5,8,10-11H,4,6,9H2,1H3,(H,20,24)(H,21,22)/t11-/m0/s1. The third-order valence-corrected chi connectivity index (χ3v) is 6.54. The quantitative estimate of drug-likeness (QED) is 0.713. The molecule has 2 N–H and O–H groups in total. The molecule has 3 heterocycles. The highest BCUT2D eigenvalue weighted by atomic mass is 32.2. The lowest BCUT2D eigenvalue weighted by Crippen LogP contribution is -2.08. The Morgan fingerprint density at radius 2 is 2.22 bits per heavy atom. The van der Waals surface area contributed by atoms with Gasteiger partial charge in [-0.25, -0.2) is 8.42 Å². The fraction of sp³-hybridized carbons (Fsp3) is 0.278. The van der Waals surface area contributed by atoms with Crippen molar-refractivity contribution in [1.29, 1.82) is 5.26 Å². The van der Waals surface area contributed by atoms with Gasteiger partial charge in [-0.2, -0.15) is 10.4 Å². The molecule has 4 rings (SSSR count). The minimum atomic E-state index is -3.18. The van der Waals surface area contributed by atoms with E-state index in [1.165, 1.54) is 0 Å². The SMILES string of the molecule is C[C@@H](CC#N)n1nc(Nc2ccc3c(c2)CCS3(=O)=O)c2c(=O)[nH]ccc21. The molecule has 1 atom stereocenters. The Hall–Kier alpha value is -3.12. The van der Waals surface area contributed by atoms with Crippen molar-refractivity contribution in [1.82, 2.24) is 14.8 Å². The molecule has 9 heteroatoms. The van der Waals surface area contributed by atoms with E-state index >= 15 is 0 Å². The molecule has 0 saturated heterocycles. The third-order valence-electron chi connectivity index (χ3n) is 4.73. The number of anilines is 2. The summed E-state index contributed by atoms with van der Waals surface area (Å²) in [6, 6.07) is 8.70. The molecule has 27 heavy (non-hydrogen) atoms. The number of pyridine rings is 1. The number of rotatable bonds is 4. The number of hydrogen-bond donors (Lipinski definition) is 2. The van der Waals surface area contributed by atoms with Crippen molar-refractivity contribution in [2.75, 3.05) is 11.1 Å². The summed E-state index contributed by atoms with van der Waals surface area (Å²) in [5.41, 5.74) is 1.77. The van der Waals surface area contributed by atoms with Crippen LogP contribution in [0.2, 0.25) is 0 Å². The molecule has 1 aliphatic heterocycles. The smallest absolute Gasteiger partial charge is 0.261 e. The summed E-state index contributed by atoms with van der Waals surface area (Å²) in [5, 5.41) is 17.0. The molecule has 0 amide bonds. The number of nitrogens with zero attached hydrogens (tertiary/aromatic N) is 3. The van der Waals surface area contributed by atoms with Crippen LogP contribution in [-0.4, -0.2) is 28.9 Å². The number of hydrogen-bond acceptors (Lipinski definition) is 6. The number of fused-ring (bicyclic) bond motifs is 2. The molecule has 1 aromatic carbocycles. The topological polar surface area (TPSA) is 121 Å². The molecule has 0 spiro atoms. The normalized spacial score (nSPS) is 16.0. The largest absolute Gasteiger partial charge is 0.338 e. The van der Waals surface area contributed by atoms with Crippen molar-refractivity contribution in [2.24, 2.45) is 0 Å². The van der Waals surface area contributed by atoms with Crippen LogP contribution in [0.4, 0.5) is 11.5 Å². The fourth-order valence-electron chi connectivity index (χ4n) is 3.39. The lowest BCUT2D eigenvalue weighted by atomic mass is 10.1. The second-order valence-electron chi connectivity index (χ2n) is 6.59. The van der Waals surface area contributed by atoms with Crippen LogP contribution in [0.25, 0.3) is 10.9 Å². The number of aromatic amines is 1. The Balaban J connectivity index is 1.79. The van der Waals surface area contributed by atoms with Gasteiger partial charge in [-0.15, -0.1) is 0 Å². The molecule has 1 aliphatic rings. The summed E-state index contributed by atoms with van der Waals surface area (Å²) in [6.07, 6.45) is 2.29. The van der Waals surface area contributed by atoms with Gasteiger partial charge in [-0.3, -0.25) is 9.48 Å². The zero-order valence-corrected chi connectivity index (χ0v) is 15.4. The maximum absolute atomic E-state index is 12.4. The average Bonchev–Trinajstić information content (AvgIpc) is 3.14. The molecule has 0 aliphatic carbocycles. The van der Waals surface area contributed by atoms with Gasteiger partial charge in [-0.05, 0) is 43.2 Å². The van der Waals surface area contributed by atoms with Crippen LogP contribution in [0.5, 0.6) is 0 Å². The van der Waals surface area contributed by atoms with Crippen molar-refractivity contribution in [2.45, 2.75) is 30.7 Å². The zero-order chi connectivity index (χ0) is 19.2. The third kappa shape index (κ3) is 2.88. The van der Waals surface area contributed by atoms with Gasteiger partial charge in [0.2, 0.25) is 0 Å². The predicted octanol–water partition coefficient (Wildman–Crippen LogP) is 2.27. The molecule has 2 aromatic heterocycles. The van der Waals surface area contributed by atoms with E-state index < -0.39 is 9.84 Å². The summed E-state index contributed by atoms with van der Waals surface area (Å²) < 4.78 is 25.6. The number of aromatic nitrogens is 3. The summed E-state index contributed by atoms with van der Waals surface area (Å²) in [5.74, 6) is 0.492. The summed E-state index contributed by atoms with van der Waals surface area (Å²) in [6.45, 7) is 1.86. The van der Waals surface area contributed by atoms with E-state index in [2.05, 4.69) is 21.5 Å². The molecule has 0 bridgehead atoms. The minimum Gasteiger partial charge on any atom is -0.338 e. The van der Waals surface area contributed by atoms with Gasteiger partial charge in [0.1, 0.15) is 5.39 Å². The second-order valence-corrected chi connectivity index (χ2v) is 8.67. The minimum absolute atomic E-state index is 0.120. The van der Waals surface area contributed by atoms with E-state index in [-0.39, 0.29) is 23.8 Å². The second kappa shape index (κ2) is 6.25. The molecule has 0 radical (unpaired) electrons. The van der Waals surface area contributed by atoms with Gasteiger partial charge < -0.3 is 10.3 Å². The highest BCUT2D eigenvalue weighted by Crippen LogP contribution is 2.31. The molecule has 8 nitrogen and oxygen atoms in total. The number of aryl methyl sites for hydroxylation is 1. The molecular weight excluding hydrogens is 366 g/mol. The summed E-state index contributed by atoms with van der Waals surface area (Å²) >= 11 is 0. The van der Waals surface area contributed by atoms with Crippen LogP contribution in [0.3, 0.4) is 0 Å². The van der Waals surface area contributed by atoms with Gasteiger partial charge >= 0.3 is 0 Å². The van der Waals surface area contributed by atoms with Gasteiger partial charge in [0, 0.05) is 11.9 Å². The van der Waals surface area contributed by atoms with Crippen LogP contribution in [-0.2, 0) is 16.3 Å². The van der Waals surface area contributed by atoms with Crippen molar-refractivity contribution < 1.29 is 8.42 Å². The molecule has 138 valence electrons. The lowest BCUT2D eigenvalue weighted by molar-refractivity contribution is 0.518. The molecule has 0 fully saturated rings. The predicted molar refractivity (Wildman–Crippen MR) is 101 cm³/mol. The van der Waals surface area contributed by atoms with Gasteiger partial charge in [0.15, 0.2) is 15.7 Å². The van der Waals surface area contributed by atoms with Gasteiger partial charge in [-0.1, -0.05) is 0 Å². The highest BCUT2D eigenvalue weighted by Gasteiger charge is 2.26. The van der Waals surface area contributed by atoms with E-state index in [0.29, 0.717) is 33.7 Å². The van der Waals surface area contributed by atoms with E-state index in [4.69, 9.17) is 5.26 Å². The molecule has 0 unspecified atom stereocenters. The maximum Gasteiger partial charge on any atom is 0.261 e. The Bertz CT molecular complexity index is 1250.